The van der Waals surface area contributed by atoms with E-state index in [0.717, 1.165) is 6.42 Å². The van der Waals surface area contributed by atoms with Crippen molar-refractivity contribution in [1.82, 2.24) is 16.2 Å². The minimum absolute atomic E-state index is 0.0606. The maximum absolute atomic E-state index is 13.5. The van der Waals surface area contributed by atoms with Crippen molar-refractivity contribution < 1.29 is 9.18 Å². The fraction of sp³-hybridized carbons (Fsp3) is 0.533. The van der Waals surface area contributed by atoms with Gasteiger partial charge in [-0.25, -0.2) is 9.82 Å². The molecule has 2 atom stereocenters. The zero-order valence-corrected chi connectivity index (χ0v) is 12.2. The molecule has 1 aliphatic heterocycles. The van der Waals surface area contributed by atoms with Crippen LogP contribution in [-0.2, 0) is 11.2 Å². The number of rotatable bonds is 3. The second-order valence-electron chi connectivity index (χ2n) is 6.33. The molecule has 1 aromatic carbocycles. The molecule has 2 rings (SSSR count). The van der Waals surface area contributed by atoms with Crippen LogP contribution in [0.25, 0.3) is 0 Å². The molecule has 1 saturated heterocycles. The first-order valence-corrected chi connectivity index (χ1v) is 6.90. The number of nitrogens with one attached hydrogen (secondary N) is 3. The molecule has 20 heavy (non-hydrogen) atoms. The van der Waals surface area contributed by atoms with E-state index < -0.39 is 0 Å². The van der Waals surface area contributed by atoms with Crippen LogP contribution in [0.15, 0.2) is 24.3 Å². The normalized spacial score (nSPS) is 22.8. The van der Waals surface area contributed by atoms with E-state index in [1.54, 1.807) is 18.2 Å². The van der Waals surface area contributed by atoms with E-state index >= 15 is 0 Å². The van der Waals surface area contributed by atoms with Crippen molar-refractivity contribution in [2.75, 3.05) is 0 Å². The summed E-state index contributed by atoms with van der Waals surface area (Å²) in [6.45, 7) is 6.45. The molecule has 1 fully saturated rings. The monoisotopic (exact) mass is 279 g/mol. The van der Waals surface area contributed by atoms with Crippen LogP contribution < -0.4 is 16.2 Å². The minimum Gasteiger partial charge on any atom is -0.339 e. The molecule has 3 N–H and O–H groups in total. The average Bonchev–Trinajstić information content (AvgIpc) is 2.80. The smallest absolute Gasteiger partial charge is 0.225 e. The van der Waals surface area contributed by atoms with Crippen LogP contribution in [-0.4, -0.2) is 18.1 Å². The van der Waals surface area contributed by atoms with Gasteiger partial charge in [0.1, 0.15) is 5.82 Å². The summed E-state index contributed by atoms with van der Waals surface area (Å²) in [6, 6.07) is 6.64. The molecule has 1 heterocycles. The Kier molecular flexibility index (Phi) is 4.40. The van der Waals surface area contributed by atoms with Gasteiger partial charge in [-0.2, -0.15) is 0 Å². The Bertz CT molecular complexity index is 484. The Hall–Kier alpha value is -1.46. The molecule has 1 aromatic rings. The molecule has 0 radical (unpaired) electrons. The summed E-state index contributed by atoms with van der Waals surface area (Å²) in [5.74, 6) is -0.517. The molecular formula is C15H22FN3O. The van der Waals surface area contributed by atoms with Gasteiger partial charge in [-0.1, -0.05) is 39.0 Å². The summed E-state index contributed by atoms with van der Waals surface area (Å²) in [5, 5.41) is 2.88. The third-order valence-electron chi connectivity index (χ3n) is 3.59. The molecule has 0 aliphatic carbocycles. The lowest BCUT2D eigenvalue weighted by atomic mass is 9.85. The number of halogens is 1. The lowest BCUT2D eigenvalue weighted by Gasteiger charge is -2.25. The van der Waals surface area contributed by atoms with Crippen LogP contribution in [0.4, 0.5) is 4.39 Å². The van der Waals surface area contributed by atoms with E-state index in [1.807, 2.05) is 0 Å². The highest BCUT2D eigenvalue weighted by atomic mass is 19.1. The predicted molar refractivity (Wildman–Crippen MR) is 76.2 cm³/mol. The van der Waals surface area contributed by atoms with Crippen LogP contribution in [0.5, 0.6) is 0 Å². The van der Waals surface area contributed by atoms with Gasteiger partial charge in [0, 0.05) is 6.04 Å². The summed E-state index contributed by atoms with van der Waals surface area (Å²) in [7, 11) is 0. The molecule has 4 nitrogen and oxygen atoms in total. The molecule has 0 spiro atoms. The largest absolute Gasteiger partial charge is 0.339 e. The van der Waals surface area contributed by atoms with Crippen LogP contribution in [0.1, 0.15) is 32.8 Å². The fourth-order valence-corrected chi connectivity index (χ4v) is 2.28. The Labute approximate surface area is 119 Å². The zero-order chi connectivity index (χ0) is 14.8. The zero-order valence-electron chi connectivity index (χ0n) is 12.2. The lowest BCUT2D eigenvalue weighted by molar-refractivity contribution is -0.121. The van der Waals surface area contributed by atoms with Crippen molar-refractivity contribution in [3.63, 3.8) is 0 Å². The molecule has 0 saturated carbocycles. The van der Waals surface area contributed by atoms with Crippen molar-refractivity contribution in [2.45, 2.75) is 45.8 Å². The maximum atomic E-state index is 13.5. The van der Waals surface area contributed by atoms with Gasteiger partial charge >= 0.3 is 0 Å². The number of hydrazine groups is 1. The van der Waals surface area contributed by atoms with Gasteiger partial charge in [0.25, 0.3) is 0 Å². The molecule has 5 heteroatoms. The highest BCUT2D eigenvalue weighted by molar-refractivity contribution is 5.78. The first-order chi connectivity index (χ1) is 9.36. The van der Waals surface area contributed by atoms with Gasteiger partial charge < -0.3 is 5.32 Å². The topological polar surface area (TPSA) is 53.2 Å². The second-order valence-corrected chi connectivity index (χ2v) is 6.33. The number of hydrogen-bond acceptors (Lipinski definition) is 3. The van der Waals surface area contributed by atoms with Gasteiger partial charge in [-0.3, -0.25) is 10.2 Å². The van der Waals surface area contributed by atoms with E-state index in [-0.39, 0.29) is 29.7 Å². The maximum Gasteiger partial charge on any atom is 0.225 e. The van der Waals surface area contributed by atoms with Crippen molar-refractivity contribution in [3.8, 4) is 0 Å². The quantitative estimate of drug-likeness (QED) is 0.790. The molecule has 0 bridgehead atoms. The first-order valence-electron chi connectivity index (χ1n) is 6.90. The predicted octanol–water partition coefficient (Wildman–Crippen LogP) is 1.72. The van der Waals surface area contributed by atoms with E-state index in [9.17, 15) is 9.18 Å². The Balaban J connectivity index is 1.86. The number of benzene rings is 1. The number of carbonyl (C=O) groups excluding carboxylic acids is 1. The number of hydrogen-bond donors (Lipinski definition) is 3. The van der Waals surface area contributed by atoms with E-state index in [0.29, 0.717) is 11.6 Å². The van der Waals surface area contributed by atoms with Gasteiger partial charge in [0.15, 0.2) is 0 Å². The van der Waals surface area contributed by atoms with Crippen molar-refractivity contribution >= 4 is 5.91 Å². The van der Waals surface area contributed by atoms with Crippen LogP contribution in [0.3, 0.4) is 0 Å². The summed E-state index contributed by atoms with van der Waals surface area (Å²) in [6.07, 6.45) is 0.760. The minimum atomic E-state index is -0.340. The van der Waals surface area contributed by atoms with Crippen molar-refractivity contribution in [1.29, 1.82) is 0 Å². The molecule has 1 amide bonds. The second kappa shape index (κ2) is 5.89. The Morgan fingerprint density at radius 1 is 1.35 bits per heavy atom. The Morgan fingerprint density at radius 3 is 2.65 bits per heavy atom. The van der Waals surface area contributed by atoms with E-state index in [2.05, 4.69) is 36.9 Å². The summed E-state index contributed by atoms with van der Waals surface area (Å²) < 4.78 is 13.5. The summed E-state index contributed by atoms with van der Waals surface area (Å²) in [4.78, 5) is 11.9. The molecule has 0 aromatic heterocycles. The summed E-state index contributed by atoms with van der Waals surface area (Å²) in [5.41, 5.74) is 6.80. The molecule has 1 aliphatic rings. The number of amides is 1. The van der Waals surface area contributed by atoms with Gasteiger partial charge in [0.05, 0.1) is 12.6 Å². The fourth-order valence-electron chi connectivity index (χ4n) is 2.28. The molecule has 2 unspecified atom stereocenters. The van der Waals surface area contributed by atoms with Gasteiger partial charge in [-0.15, -0.1) is 0 Å². The van der Waals surface area contributed by atoms with Crippen LogP contribution >= 0.6 is 0 Å². The van der Waals surface area contributed by atoms with Gasteiger partial charge in [0.2, 0.25) is 5.91 Å². The lowest BCUT2D eigenvalue weighted by Crippen LogP contribution is -2.45. The highest BCUT2D eigenvalue weighted by Gasteiger charge is 2.33. The third-order valence-corrected chi connectivity index (χ3v) is 3.59. The SMILES string of the molecule is CC(C)(C)C1CC(NC(=O)Cc2ccccc2F)NN1. The van der Waals surface area contributed by atoms with Crippen molar-refractivity contribution in [2.24, 2.45) is 5.41 Å². The molecule has 110 valence electrons. The van der Waals surface area contributed by atoms with Crippen LogP contribution in [0.2, 0.25) is 0 Å². The van der Waals surface area contributed by atoms with E-state index in [4.69, 9.17) is 0 Å². The summed E-state index contributed by atoms with van der Waals surface area (Å²) >= 11 is 0. The highest BCUT2D eigenvalue weighted by Crippen LogP contribution is 2.24. The molecular weight excluding hydrogens is 257 g/mol. The standard InChI is InChI=1S/C15H22FN3O/c1-15(2,3)12-9-13(19-18-12)17-14(20)8-10-6-4-5-7-11(10)16/h4-7,12-13,18-19H,8-9H2,1-3H3,(H,17,20). The third kappa shape index (κ3) is 3.77. The number of carbonyl (C=O) groups is 1. The Morgan fingerprint density at radius 2 is 2.05 bits per heavy atom. The van der Waals surface area contributed by atoms with Gasteiger partial charge in [-0.05, 0) is 23.5 Å². The van der Waals surface area contributed by atoms with E-state index in [1.165, 1.54) is 6.07 Å². The average molecular weight is 279 g/mol. The van der Waals surface area contributed by atoms with Crippen molar-refractivity contribution in [3.05, 3.63) is 35.6 Å². The van der Waals surface area contributed by atoms with Crippen LogP contribution in [0, 0.1) is 11.2 Å². The first kappa shape index (κ1) is 14.9.